The summed E-state index contributed by atoms with van der Waals surface area (Å²) in [6.07, 6.45) is 2.43. The summed E-state index contributed by atoms with van der Waals surface area (Å²) in [5.41, 5.74) is 1.30. The van der Waals surface area contributed by atoms with Gasteiger partial charge in [-0.15, -0.1) is 0 Å². The maximum atomic E-state index is 5.38. The van der Waals surface area contributed by atoms with Gasteiger partial charge in [-0.1, -0.05) is 6.07 Å². The predicted molar refractivity (Wildman–Crippen MR) is 75.0 cm³/mol. The van der Waals surface area contributed by atoms with Crippen molar-refractivity contribution in [1.29, 1.82) is 0 Å². The van der Waals surface area contributed by atoms with Crippen LogP contribution in [0.25, 0.3) is 0 Å². The van der Waals surface area contributed by atoms with Crippen LogP contribution >= 0.6 is 0 Å². The minimum atomic E-state index is 0.468. The molecule has 1 atom stereocenters. The maximum absolute atomic E-state index is 5.38. The van der Waals surface area contributed by atoms with Crippen LogP contribution in [0.2, 0.25) is 0 Å². The molecule has 2 rings (SSSR count). The fraction of sp³-hybridized carbons (Fsp3) is 0.600. The predicted octanol–water partition coefficient (Wildman–Crippen LogP) is 2.49. The molecule has 1 aliphatic heterocycles. The first-order valence-electron chi connectivity index (χ1n) is 6.75. The van der Waals surface area contributed by atoms with Gasteiger partial charge in [0, 0.05) is 19.7 Å². The van der Waals surface area contributed by atoms with Gasteiger partial charge >= 0.3 is 0 Å². The Morgan fingerprint density at radius 1 is 1.16 bits per heavy atom. The molecule has 0 radical (unpaired) electrons. The van der Waals surface area contributed by atoms with Crippen molar-refractivity contribution in [2.45, 2.75) is 18.9 Å². The van der Waals surface area contributed by atoms with Gasteiger partial charge in [0.1, 0.15) is 0 Å². The van der Waals surface area contributed by atoms with E-state index in [2.05, 4.69) is 17.0 Å². The van der Waals surface area contributed by atoms with Crippen LogP contribution in [0.4, 0.5) is 0 Å². The van der Waals surface area contributed by atoms with E-state index in [0.717, 1.165) is 31.2 Å². The van der Waals surface area contributed by atoms with Crippen LogP contribution in [0.1, 0.15) is 24.4 Å². The van der Waals surface area contributed by atoms with Crippen molar-refractivity contribution >= 4 is 0 Å². The molecule has 0 bridgehead atoms. The Morgan fingerprint density at radius 3 is 2.63 bits per heavy atom. The molecule has 1 aromatic carbocycles. The molecule has 19 heavy (non-hydrogen) atoms. The smallest absolute Gasteiger partial charge is 0.161 e. The second-order valence-electron chi connectivity index (χ2n) is 4.80. The molecule has 1 heterocycles. The van der Waals surface area contributed by atoms with Crippen molar-refractivity contribution in [3.05, 3.63) is 23.8 Å². The highest BCUT2D eigenvalue weighted by molar-refractivity contribution is 5.44. The van der Waals surface area contributed by atoms with E-state index in [0.29, 0.717) is 6.04 Å². The standard InChI is InChI=1S/C15H23NO3/c1-17-10-9-16-8-4-5-13(16)12-6-7-14(18-2)15(11-12)19-3/h6-7,11,13H,4-5,8-10H2,1-3H3/t13-/m1/s1. The SMILES string of the molecule is COCCN1CCC[C@@H]1c1ccc(OC)c(OC)c1. The van der Waals surface area contributed by atoms with E-state index in [1.165, 1.54) is 18.4 Å². The Labute approximate surface area is 115 Å². The lowest BCUT2D eigenvalue weighted by Gasteiger charge is -2.25. The molecule has 0 saturated carbocycles. The second kappa shape index (κ2) is 6.78. The van der Waals surface area contributed by atoms with Gasteiger partial charge in [-0.2, -0.15) is 0 Å². The van der Waals surface area contributed by atoms with Crippen molar-refractivity contribution in [3.8, 4) is 11.5 Å². The quantitative estimate of drug-likeness (QED) is 0.790. The van der Waals surface area contributed by atoms with Crippen LogP contribution in [0.15, 0.2) is 18.2 Å². The number of methoxy groups -OCH3 is 3. The first-order chi connectivity index (χ1) is 9.30. The summed E-state index contributed by atoms with van der Waals surface area (Å²) in [4.78, 5) is 2.48. The van der Waals surface area contributed by atoms with E-state index in [-0.39, 0.29) is 0 Å². The van der Waals surface area contributed by atoms with Gasteiger partial charge in [0.2, 0.25) is 0 Å². The molecule has 0 N–H and O–H groups in total. The molecule has 0 unspecified atom stereocenters. The number of likely N-dealkylation sites (tertiary alicyclic amines) is 1. The third kappa shape index (κ3) is 3.19. The lowest BCUT2D eigenvalue weighted by atomic mass is 10.0. The van der Waals surface area contributed by atoms with Gasteiger partial charge in [-0.05, 0) is 37.1 Å². The fourth-order valence-electron chi connectivity index (χ4n) is 2.74. The Bertz CT molecular complexity index is 408. The Balaban J connectivity index is 2.16. The molecule has 4 nitrogen and oxygen atoms in total. The summed E-state index contributed by atoms with van der Waals surface area (Å²) in [6.45, 7) is 2.90. The minimum Gasteiger partial charge on any atom is -0.493 e. The topological polar surface area (TPSA) is 30.9 Å². The Kier molecular flexibility index (Phi) is 5.05. The zero-order chi connectivity index (χ0) is 13.7. The first-order valence-corrected chi connectivity index (χ1v) is 6.75. The molecule has 1 aliphatic rings. The molecular weight excluding hydrogens is 242 g/mol. The maximum Gasteiger partial charge on any atom is 0.161 e. The van der Waals surface area contributed by atoms with Gasteiger partial charge in [-0.3, -0.25) is 4.90 Å². The van der Waals surface area contributed by atoms with Crippen LogP contribution in [-0.2, 0) is 4.74 Å². The van der Waals surface area contributed by atoms with E-state index in [1.807, 2.05) is 6.07 Å². The summed E-state index contributed by atoms with van der Waals surface area (Å²) in [5.74, 6) is 1.59. The van der Waals surface area contributed by atoms with Crippen molar-refractivity contribution < 1.29 is 14.2 Å². The summed E-state index contributed by atoms with van der Waals surface area (Å²) in [6, 6.07) is 6.68. The van der Waals surface area contributed by atoms with E-state index in [4.69, 9.17) is 14.2 Å². The molecule has 0 spiro atoms. The van der Waals surface area contributed by atoms with Crippen LogP contribution in [0, 0.1) is 0 Å². The Morgan fingerprint density at radius 2 is 1.95 bits per heavy atom. The monoisotopic (exact) mass is 265 g/mol. The number of hydrogen-bond acceptors (Lipinski definition) is 4. The lowest BCUT2D eigenvalue weighted by Crippen LogP contribution is -2.27. The molecule has 0 amide bonds. The van der Waals surface area contributed by atoms with Crippen LogP contribution in [0.5, 0.6) is 11.5 Å². The average molecular weight is 265 g/mol. The zero-order valence-electron chi connectivity index (χ0n) is 12.0. The van der Waals surface area contributed by atoms with Gasteiger partial charge in [0.25, 0.3) is 0 Å². The first kappa shape index (κ1) is 14.2. The number of ether oxygens (including phenoxy) is 3. The summed E-state index contributed by atoms with van der Waals surface area (Å²) in [5, 5.41) is 0. The van der Waals surface area contributed by atoms with Crippen LogP contribution < -0.4 is 9.47 Å². The highest BCUT2D eigenvalue weighted by atomic mass is 16.5. The molecule has 106 valence electrons. The van der Waals surface area contributed by atoms with E-state index in [9.17, 15) is 0 Å². The van der Waals surface area contributed by atoms with Crippen LogP contribution in [0.3, 0.4) is 0 Å². The molecule has 1 fully saturated rings. The summed E-state index contributed by atoms with van der Waals surface area (Å²) in [7, 11) is 5.10. The van der Waals surface area contributed by atoms with Crippen molar-refractivity contribution in [3.63, 3.8) is 0 Å². The highest BCUT2D eigenvalue weighted by Gasteiger charge is 2.26. The van der Waals surface area contributed by atoms with Gasteiger partial charge in [0.15, 0.2) is 11.5 Å². The Hall–Kier alpha value is -1.26. The van der Waals surface area contributed by atoms with E-state index in [1.54, 1.807) is 21.3 Å². The summed E-state index contributed by atoms with van der Waals surface area (Å²) >= 11 is 0. The number of nitrogens with zero attached hydrogens (tertiary/aromatic N) is 1. The normalized spacial score (nSPS) is 19.6. The van der Waals surface area contributed by atoms with Crippen molar-refractivity contribution in [2.24, 2.45) is 0 Å². The number of benzene rings is 1. The molecule has 1 aromatic rings. The van der Waals surface area contributed by atoms with Gasteiger partial charge < -0.3 is 14.2 Å². The molecule has 0 aromatic heterocycles. The van der Waals surface area contributed by atoms with Crippen molar-refractivity contribution in [2.75, 3.05) is 41.0 Å². The molecule has 4 heteroatoms. The van der Waals surface area contributed by atoms with Gasteiger partial charge in [0.05, 0.1) is 20.8 Å². The zero-order valence-corrected chi connectivity index (χ0v) is 12.0. The molecule has 1 saturated heterocycles. The van der Waals surface area contributed by atoms with E-state index < -0.39 is 0 Å². The van der Waals surface area contributed by atoms with Crippen LogP contribution in [-0.4, -0.2) is 45.9 Å². The summed E-state index contributed by atoms with van der Waals surface area (Å²) < 4.78 is 15.9. The molecule has 0 aliphatic carbocycles. The lowest BCUT2D eigenvalue weighted by molar-refractivity contribution is 0.141. The third-order valence-electron chi connectivity index (χ3n) is 3.74. The number of rotatable bonds is 6. The highest BCUT2D eigenvalue weighted by Crippen LogP contribution is 2.36. The largest absolute Gasteiger partial charge is 0.493 e. The van der Waals surface area contributed by atoms with Gasteiger partial charge in [-0.25, -0.2) is 0 Å². The van der Waals surface area contributed by atoms with Crippen molar-refractivity contribution in [1.82, 2.24) is 4.90 Å². The molecular formula is C15H23NO3. The fourth-order valence-corrected chi connectivity index (χ4v) is 2.74. The second-order valence-corrected chi connectivity index (χ2v) is 4.80. The average Bonchev–Trinajstić information content (AvgIpc) is 2.92. The third-order valence-corrected chi connectivity index (χ3v) is 3.74. The minimum absolute atomic E-state index is 0.468. The number of hydrogen-bond donors (Lipinski definition) is 0. The van der Waals surface area contributed by atoms with E-state index >= 15 is 0 Å².